The highest BCUT2D eigenvalue weighted by molar-refractivity contribution is 6.07. The Kier molecular flexibility index (Phi) is 4.66. The van der Waals surface area contributed by atoms with Crippen LogP contribution in [-0.4, -0.2) is 22.1 Å². The average Bonchev–Trinajstić information content (AvgIpc) is 2.74. The van der Waals surface area contributed by atoms with Gasteiger partial charge in [0.1, 0.15) is 0 Å². The van der Waals surface area contributed by atoms with Crippen molar-refractivity contribution in [2.24, 2.45) is 5.10 Å². The van der Waals surface area contributed by atoms with Crippen LogP contribution in [0.5, 0.6) is 0 Å². The molecule has 2 heterocycles. The highest BCUT2D eigenvalue weighted by Crippen LogP contribution is 2.24. The molecule has 4 aromatic rings. The number of nitrogens with one attached hydrogen (secondary N) is 1. The van der Waals surface area contributed by atoms with E-state index in [-0.39, 0.29) is 5.91 Å². The molecule has 2 aromatic carbocycles. The molecule has 0 spiro atoms. The van der Waals surface area contributed by atoms with Crippen molar-refractivity contribution in [2.75, 3.05) is 0 Å². The summed E-state index contributed by atoms with van der Waals surface area (Å²) in [6.45, 7) is 0. The molecule has 0 bridgehead atoms. The number of hydrazone groups is 1. The van der Waals surface area contributed by atoms with Gasteiger partial charge in [-0.25, -0.2) is 10.4 Å². The fourth-order valence-electron chi connectivity index (χ4n) is 2.79. The predicted octanol–water partition coefficient (Wildman–Crippen LogP) is 4.06. The number of hydrogen-bond acceptors (Lipinski definition) is 4. The third-order valence-electron chi connectivity index (χ3n) is 4.08. The molecule has 0 atom stereocenters. The van der Waals surface area contributed by atoms with Gasteiger partial charge >= 0.3 is 0 Å². The van der Waals surface area contributed by atoms with Crippen LogP contribution in [0.25, 0.3) is 22.2 Å². The van der Waals surface area contributed by atoms with Gasteiger partial charge < -0.3 is 0 Å². The molecule has 4 rings (SSSR count). The molecular formula is C22H16N4O. The first-order chi connectivity index (χ1) is 13.3. The quantitative estimate of drug-likeness (QED) is 0.445. The van der Waals surface area contributed by atoms with Crippen LogP contribution in [0, 0.1) is 0 Å². The molecule has 0 unspecified atom stereocenters. The minimum Gasteiger partial charge on any atom is -0.267 e. The number of fused-ring (bicyclic) bond motifs is 1. The monoisotopic (exact) mass is 352 g/mol. The van der Waals surface area contributed by atoms with Crippen molar-refractivity contribution in [3.05, 3.63) is 96.3 Å². The summed E-state index contributed by atoms with van der Waals surface area (Å²) in [5, 5.41) is 4.80. The van der Waals surface area contributed by atoms with Crippen LogP contribution in [0.4, 0.5) is 0 Å². The van der Waals surface area contributed by atoms with Crippen molar-refractivity contribution in [3.8, 4) is 11.3 Å². The number of carbonyl (C=O) groups is 1. The third kappa shape index (κ3) is 3.72. The zero-order valence-corrected chi connectivity index (χ0v) is 14.4. The second-order valence-electron chi connectivity index (χ2n) is 5.89. The molecule has 0 fully saturated rings. The average molecular weight is 352 g/mol. The Morgan fingerprint density at radius 3 is 2.52 bits per heavy atom. The molecule has 27 heavy (non-hydrogen) atoms. The lowest BCUT2D eigenvalue weighted by Gasteiger charge is -2.09. The topological polar surface area (TPSA) is 67.2 Å². The van der Waals surface area contributed by atoms with Gasteiger partial charge in [0.25, 0.3) is 5.91 Å². The lowest BCUT2D eigenvalue weighted by molar-refractivity contribution is 0.0956. The van der Waals surface area contributed by atoms with E-state index in [1.54, 1.807) is 12.3 Å². The molecule has 0 aliphatic rings. The van der Waals surface area contributed by atoms with Crippen molar-refractivity contribution < 1.29 is 4.79 Å². The van der Waals surface area contributed by atoms with Gasteiger partial charge in [-0.2, -0.15) is 5.10 Å². The number of nitrogens with zero attached hydrogens (tertiary/aromatic N) is 3. The molecule has 0 aliphatic heterocycles. The molecule has 1 amide bonds. The Bertz CT molecular complexity index is 1110. The Balaban J connectivity index is 1.69. The molecule has 0 saturated carbocycles. The van der Waals surface area contributed by atoms with Crippen LogP contribution < -0.4 is 5.43 Å². The lowest BCUT2D eigenvalue weighted by atomic mass is 10.0. The Hall–Kier alpha value is -3.86. The fourth-order valence-corrected chi connectivity index (χ4v) is 2.79. The van der Waals surface area contributed by atoms with Gasteiger partial charge in [-0.05, 0) is 24.3 Å². The van der Waals surface area contributed by atoms with Crippen LogP contribution in [0.15, 0.2) is 90.2 Å². The van der Waals surface area contributed by atoms with Crippen molar-refractivity contribution in [2.45, 2.75) is 0 Å². The van der Waals surface area contributed by atoms with Crippen molar-refractivity contribution in [3.63, 3.8) is 0 Å². The van der Waals surface area contributed by atoms with Crippen LogP contribution in [0.3, 0.4) is 0 Å². The summed E-state index contributed by atoms with van der Waals surface area (Å²) in [4.78, 5) is 21.6. The molecule has 2 aromatic heterocycles. The maximum atomic E-state index is 12.8. The highest BCUT2D eigenvalue weighted by Gasteiger charge is 2.13. The Morgan fingerprint density at radius 1 is 0.926 bits per heavy atom. The van der Waals surface area contributed by atoms with E-state index in [1.165, 1.54) is 6.21 Å². The van der Waals surface area contributed by atoms with Crippen molar-refractivity contribution in [1.82, 2.24) is 15.4 Å². The van der Waals surface area contributed by atoms with E-state index in [0.29, 0.717) is 11.3 Å². The van der Waals surface area contributed by atoms with E-state index in [0.717, 1.165) is 22.2 Å². The van der Waals surface area contributed by atoms with E-state index in [1.807, 2.05) is 72.8 Å². The van der Waals surface area contributed by atoms with Gasteiger partial charge in [-0.3, -0.25) is 9.78 Å². The first-order valence-corrected chi connectivity index (χ1v) is 8.51. The lowest BCUT2D eigenvalue weighted by Crippen LogP contribution is -2.18. The van der Waals surface area contributed by atoms with Gasteiger partial charge in [0, 0.05) is 17.1 Å². The maximum Gasteiger partial charge on any atom is 0.272 e. The molecule has 130 valence electrons. The molecule has 0 radical (unpaired) electrons. The smallest absolute Gasteiger partial charge is 0.267 e. The molecule has 0 saturated heterocycles. The maximum absolute atomic E-state index is 12.8. The minimum absolute atomic E-state index is 0.294. The van der Waals surface area contributed by atoms with E-state index in [9.17, 15) is 4.79 Å². The Morgan fingerprint density at radius 2 is 1.70 bits per heavy atom. The minimum atomic E-state index is -0.294. The number of pyridine rings is 2. The first-order valence-electron chi connectivity index (χ1n) is 8.51. The van der Waals surface area contributed by atoms with Gasteiger partial charge in [-0.1, -0.05) is 54.6 Å². The molecule has 0 aliphatic carbocycles. The largest absolute Gasteiger partial charge is 0.272 e. The van der Waals surface area contributed by atoms with E-state index in [2.05, 4.69) is 20.5 Å². The van der Waals surface area contributed by atoms with Crippen molar-refractivity contribution >= 4 is 23.0 Å². The second-order valence-corrected chi connectivity index (χ2v) is 5.89. The van der Waals surface area contributed by atoms with Crippen LogP contribution in [0.1, 0.15) is 16.1 Å². The second kappa shape index (κ2) is 7.58. The summed E-state index contributed by atoms with van der Waals surface area (Å²) in [7, 11) is 0. The standard InChI is InChI=1S/C22H16N4O/c27-22(26-24-15-17-10-6-7-13-23-17)19-14-21(16-8-2-1-3-9-16)25-20-12-5-4-11-18(19)20/h1-15H,(H,26,27)/b24-15-. The zero-order valence-electron chi connectivity index (χ0n) is 14.4. The van der Waals surface area contributed by atoms with Gasteiger partial charge in [0.05, 0.1) is 28.7 Å². The SMILES string of the molecule is O=C(N/N=C\c1ccccn1)c1cc(-c2ccccc2)nc2ccccc12. The van der Waals surface area contributed by atoms with Gasteiger partial charge in [0.2, 0.25) is 0 Å². The first kappa shape index (κ1) is 16.6. The number of hydrogen-bond donors (Lipinski definition) is 1. The fraction of sp³-hybridized carbons (Fsp3) is 0. The molecule has 5 nitrogen and oxygen atoms in total. The van der Waals surface area contributed by atoms with Crippen LogP contribution >= 0.6 is 0 Å². The summed E-state index contributed by atoms with van der Waals surface area (Å²) < 4.78 is 0. The highest BCUT2D eigenvalue weighted by atomic mass is 16.2. The normalized spacial score (nSPS) is 11.0. The Labute approximate surface area is 156 Å². The van der Waals surface area contributed by atoms with Crippen molar-refractivity contribution in [1.29, 1.82) is 0 Å². The number of carbonyl (C=O) groups excluding carboxylic acids is 1. The van der Waals surface area contributed by atoms with E-state index < -0.39 is 0 Å². The summed E-state index contributed by atoms with van der Waals surface area (Å²) in [5.41, 5.74) is 6.23. The number of benzene rings is 2. The van der Waals surface area contributed by atoms with Crippen LogP contribution in [-0.2, 0) is 0 Å². The summed E-state index contributed by atoms with van der Waals surface area (Å²) in [5.74, 6) is -0.294. The molecular weight excluding hydrogens is 336 g/mol. The third-order valence-corrected chi connectivity index (χ3v) is 4.08. The van der Waals surface area contributed by atoms with Crippen LogP contribution in [0.2, 0.25) is 0 Å². The summed E-state index contributed by atoms with van der Waals surface area (Å²) in [6.07, 6.45) is 3.19. The molecule has 1 N–H and O–H groups in total. The number of para-hydroxylation sites is 1. The summed E-state index contributed by atoms with van der Waals surface area (Å²) >= 11 is 0. The number of rotatable bonds is 4. The zero-order chi connectivity index (χ0) is 18.5. The predicted molar refractivity (Wildman–Crippen MR) is 106 cm³/mol. The molecule has 5 heteroatoms. The van der Waals surface area contributed by atoms with Gasteiger partial charge in [0.15, 0.2) is 0 Å². The van der Waals surface area contributed by atoms with Gasteiger partial charge in [-0.15, -0.1) is 0 Å². The number of amides is 1. The number of aromatic nitrogens is 2. The van der Waals surface area contributed by atoms with E-state index in [4.69, 9.17) is 0 Å². The van der Waals surface area contributed by atoms with E-state index >= 15 is 0 Å². The summed E-state index contributed by atoms with van der Waals surface area (Å²) in [6, 6.07) is 24.7.